The summed E-state index contributed by atoms with van der Waals surface area (Å²) < 4.78 is 5.90. The summed E-state index contributed by atoms with van der Waals surface area (Å²) in [5, 5.41) is 4.76. The fourth-order valence-electron chi connectivity index (χ4n) is 4.36. The van der Waals surface area contributed by atoms with Gasteiger partial charge in [0, 0.05) is 42.8 Å². The molecule has 0 aliphatic carbocycles. The van der Waals surface area contributed by atoms with Gasteiger partial charge in [-0.15, -0.1) is 0 Å². The number of piperidine rings is 1. The lowest BCUT2D eigenvalue weighted by Crippen LogP contribution is -2.45. The lowest BCUT2D eigenvalue weighted by molar-refractivity contribution is -0.0704. The molecule has 2 saturated heterocycles. The highest BCUT2D eigenvalue weighted by molar-refractivity contribution is 5.81. The van der Waals surface area contributed by atoms with Gasteiger partial charge < -0.3 is 15.0 Å². The van der Waals surface area contributed by atoms with Gasteiger partial charge >= 0.3 is 0 Å². The van der Waals surface area contributed by atoms with E-state index >= 15 is 0 Å². The molecule has 2 aromatic heterocycles. The van der Waals surface area contributed by atoms with Crippen molar-refractivity contribution in [3.63, 3.8) is 0 Å². The predicted octanol–water partition coefficient (Wildman–Crippen LogP) is 2.64. The Morgan fingerprint density at radius 2 is 1.96 bits per heavy atom. The summed E-state index contributed by atoms with van der Waals surface area (Å²) in [5.74, 6) is 0.617. The van der Waals surface area contributed by atoms with Crippen LogP contribution in [0.5, 0.6) is 0 Å². The normalized spacial score (nSPS) is 26.9. The van der Waals surface area contributed by atoms with Crippen LogP contribution in [0, 0.1) is 0 Å². The Labute approximate surface area is 143 Å². The molecule has 0 amide bonds. The third kappa shape index (κ3) is 3.21. The first-order chi connectivity index (χ1) is 11.7. The van der Waals surface area contributed by atoms with Crippen LogP contribution in [0.3, 0.4) is 0 Å². The van der Waals surface area contributed by atoms with E-state index in [0.717, 1.165) is 38.4 Å². The summed E-state index contributed by atoms with van der Waals surface area (Å²) in [4.78, 5) is 10.8. The van der Waals surface area contributed by atoms with Crippen molar-refractivity contribution in [1.29, 1.82) is 0 Å². The minimum atomic E-state index is 0.305. The predicted molar refractivity (Wildman–Crippen MR) is 96.2 cm³/mol. The van der Waals surface area contributed by atoms with E-state index in [4.69, 9.17) is 4.74 Å². The van der Waals surface area contributed by atoms with Crippen molar-refractivity contribution < 1.29 is 4.74 Å². The third-order valence-corrected chi connectivity index (χ3v) is 5.34. The van der Waals surface area contributed by atoms with E-state index in [9.17, 15) is 0 Å². The van der Waals surface area contributed by atoms with E-state index in [1.165, 1.54) is 29.5 Å². The number of ether oxygens (including phenoxy) is 1. The molecule has 0 saturated carbocycles. The van der Waals surface area contributed by atoms with E-state index in [1.54, 1.807) is 0 Å². The zero-order valence-corrected chi connectivity index (χ0v) is 14.7. The number of pyridine rings is 1. The van der Waals surface area contributed by atoms with Gasteiger partial charge in [0.2, 0.25) is 0 Å². The maximum atomic E-state index is 5.90. The summed E-state index contributed by atoms with van der Waals surface area (Å²) in [7, 11) is 0. The van der Waals surface area contributed by atoms with Gasteiger partial charge in [-0.2, -0.15) is 0 Å². The number of morpholine rings is 1. The molecular formula is C19H28N4O. The summed E-state index contributed by atoms with van der Waals surface area (Å²) in [6.45, 7) is 9.56. The van der Waals surface area contributed by atoms with Crippen LogP contribution in [-0.4, -0.2) is 53.3 Å². The van der Waals surface area contributed by atoms with Crippen LogP contribution in [0.2, 0.25) is 0 Å². The van der Waals surface area contributed by atoms with Crippen LogP contribution in [0.1, 0.15) is 43.9 Å². The van der Waals surface area contributed by atoms with Gasteiger partial charge in [-0.25, -0.2) is 4.98 Å². The molecule has 5 heteroatoms. The molecule has 2 N–H and O–H groups in total. The van der Waals surface area contributed by atoms with Gasteiger partial charge in [0.05, 0.1) is 12.2 Å². The van der Waals surface area contributed by atoms with Crippen molar-refractivity contribution in [2.45, 2.75) is 51.4 Å². The van der Waals surface area contributed by atoms with E-state index in [0.29, 0.717) is 18.1 Å². The molecule has 2 fully saturated rings. The number of rotatable bonds is 3. The lowest BCUT2D eigenvalue weighted by Gasteiger charge is -2.35. The molecule has 0 aromatic carbocycles. The summed E-state index contributed by atoms with van der Waals surface area (Å²) in [6, 6.07) is 4.27. The molecule has 2 aromatic rings. The monoisotopic (exact) mass is 328 g/mol. The summed E-state index contributed by atoms with van der Waals surface area (Å²) in [5.41, 5.74) is 3.90. The maximum absolute atomic E-state index is 5.90. The molecule has 2 aliphatic rings. The number of fused-ring (bicyclic) bond motifs is 1. The molecule has 0 spiro atoms. The molecule has 4 heterocycles. The van der Waals surface area contributed by atoms with Crippen molar-refractivity contribution in [3.05, 3.63) is 29.6 Å². The smallest absolute Gasteiger partial charge is 0.137 e. The van der Waals surface area contributed by atoms with E-state index in [1.807, 2.05) is 6.20 Å². The highest BCUT2D eigenvalue weighted by atomic mass is 16.5. The SMILES string of the molecule is C[C@H]1CN(Cc2c(C3CCNCC3)[nH]c3ncccc23)C[C@H](C)O1. The van der Waals surface area contributed by atoms with Crippen LogP contribution in [-0.2, 0) is 11.3 Å². The highest BCUT2D eigenvalue weighted by Crippen LogP contribution is 2.33. The van der Waals surface area contributed by atoms with Gasteiger partial charge in [0.15, 0.2) is 0 Å². The summed E-state index contributed by atoms with van der Waals surface area (Å²) in [6.07, 6.45) is 4.90. The Morgan fingerprint density at radius 3 is 2.71 bits per heavy atom. The van der Waals surface area contributed by atoms with Crippen molar-refractivity contribution in [3.8, 4) is 0 Å². The molecule has 0 radical (unpaired) electrons. The Hall–Kier alpha value is -1.43. The lowest BCUT2D eigenvalue weighted by atomic mass is 9.91. The Morgan fingerprint density at radius 1 is 1.21 bits per heavy atom. The molecule has 4 rings (SSSR count). The Balaban J connectivity index is 1.67. The number of aromatic amines is 1. The second kappa shape index (κ2) is 6.82. The van der Waals surface area contributed by atoms with Crippen molar-refractivity contribution in [2.75, 3.05) is 26.2 Å². The fourth-order valence-corrected chi connectivity index (χ4v) is 4.36. The van der Waals surface area contributed by atoms with Gasteiger partial charge in [-0.05, 0) is 57.5 Å². The zero-order chi connectivity index (χ0) is 16.5. The molecule has 2 aliphatic heterocycles. The second-order valence-electron chi connectivity index (χ2n) is 7.39. The van der Waals surface area contributed by atoms with Crippen LogP contribution in [0.15, 0.2) is 18.3 Å². The number of nitrogens with one attached hydrogen (secondary N) is 2. The summed E-state index contributed by atoms with van der Waals surface area (Å²) >= 11 is 0. The number of aromatic nitrogens is 2. The average Bonchev–Trinajstić information content (AvgIpc) is 2.94. The van der Waals surface area contributed by atoms with Crippen LogP contribution in [0.4, 0.5) is 0 Å². The molecule has 5 nitrogen and oxygen atoms in total. The Kier molecular flexibility index (Phi) is 4.57. The number of hydrogen-bond donors (Lipinski definition) is 2. The largest absolute Gasteiger partial charge is 0.373 e. The van der Waals surface area contributed by atoms with E-state index in [2.05, 4.69) is 46.2 Å². The number of nitrogens with zero attached hydrogens (tertiary/aromatic N) is 2. The first kappa shape index (κ1) is 16.1. The standard InChI is InChI=1S/C19H28N4O/c1-13-10-23(11-14(2)24-13)12-17-16-4-3-7-21-19(16)22-18(17)15-5-8-20-9-6-15/h3-4,7,13-15,20H,5-6,8-12H2,1-2H3,(H,21,22)/t13-,14-/m0/s1. The number of H-pyrrole nitrogens is 1. The third-order valence-electron chi connectivity index (χ3n) is 5.34. The molecule has 0 unspecified atom stereocenters. The van der Waals surface area contributed by atoms with Crippen molar-refractivity contribution in [1.82, 2.24) is 20.2 Å². The van der Waals surface area contributed by atoms with E-state index in [-0.39, 0.29) is 0 Å². The first-order valence-electron chi connectivity index (χ1n) is 9.24. The van der Waals surface area contributed by atoms with Crippen LogP contribution >= 0.6 is 0 Å². The topological polar surface area (TPSA) is 53.2 Å². The molecular weight excluding hydrogens is 300 g/mol. The minimum absolute atomic E-state index is 0.305. The van der Waals surface area contributed by atoms with Crippen molar-refractivity contribution in [2.24, 2.45) is 0 Å². The van der Waals surface area contributed by atoms with Gasteiger partial charge in [0.25, 0.3) is 0 Å². The molecule has 24 heavy (non-hydrogen) atoms. The maximum Gasteiger partial charge on any atom is 0.137 e. The molecule has 0 bridgehead atoms. The van der Waals surface area contributed by atoms with Crippen molar-refractivity contribution >= 4 is 11.0 Å². The van der Waals surface area contributed by atoms with Gasteiger partial charge in [-0.1, -0.05) is 0 Å². The van der Waals surface area contributed by atoms with Gasteiger partial charge in [0.1, 0.15) is 5.65 Å². The number of hydrogen-bond acceptors (Lipinski definition) is 4. The quantitative estimate of drug-likeness (QED) is 0.909. The molecule has 2 atom stereocenters. The Bertz CT molecular complexity index is 682. The fraction of sp³-hybridized carbons (Fsp3) is 0.632. The first-order valence-corrected chi connectivity index (χ1v) is 9.24. The second-order valence-corrected chi connectivity index (χ2v) is 7.39. The zero-order valence-electron chi connectivity index (χ0n) is 14.7. The van der Waals surface area contributed by atoms with Gasteiger partial charge in [-0.3, -0.25) is 4.90 Å². The average molecular weight is 328 g/mol. The molecule has 130 valence electrons. The van der Waals surface area contributed by atoms with Crippen LogP contribution in [0.25, 0.3) is 11.0 Å². The highest BCUT2D eigenvalue weighted by Gasteiger charge is 2.27. The van der Waals surface area contributed by atoms with Crippen LogP contribution < -0.4 is 5.32 Å². The minimum Gasteiger partial charge on any atom is -0.373 e. The van der Waals surface area contributed by atoms with E-state index < -0.39 is 0 Å².